The molecule has 3 saturated heterocycles. The van der Waals surface area contributed by atoms with E-state index in [1.54, 1.807) is 41.7 Å². The van der Waals surface area contributed by atoms with E-state index in [9.17, 15) is 24.6 Å². The van der Waals surface area contributed by atoms with Crippen LogP contribution in [0.15, 0.2) is 30.3 Å². The normalized spacial score (nSPS) is 44.6. The Bertz CT molecular complexity index is 1690. The first-order chi connectivity index (χ1) is 28.9. The minimum Gasteiger partial charge on any atom is -0.458 e. The summed E-state index contributed by atoms with van der Waals surface area (Å²) in [6, 6.07) is 10.0. The summed E-state index contributed by atoms with van der Waals surface area (Å²) in [6.07, 6.45) is -6.73. The Labute approximate surface area is 369 Å². The van der Waals surface area contributed by atoms with Crippen molar-refractivity contribution in [3.63, 3.8) is 0 Å². The van der Waals surface area contributed by atoms with Gasteiger partial charge >= 0.3 is 11.9 Å². The van der Waals surface area contributed by atoms with Gasteiger partial charge in [0.2, 0.25) is 0 Å². The number of ether oxygens (including phenoxy) is 8. The predicted molar refractivity (Wildman–Crippen MR) is 229 cm³/mol. The monoisotopic (exact) mass is 877 g/mol. The molecule has 352 valence electrons. The average Bonchev–Trinajstić information content (AvgIpc) is 3.75. The quantitative estimate of drug-likeness (QED) is 0.300. The predicted octanol–water partition coefficient (Wildman–Crippen LogP) is 4.37. The number of methoxy groups -OCH3 is 2. The zero-order valence-corrected chi connectivity index (χ0v) is 39.7. The van der Waals surface area contributed by atoms with Gasteiger partial charge in [-0.25, -0.2) is 0 Å². The molecule has 1 saturated carbocycles. The third-order valence-corrected chi connectivity index (χ3v) is 14.7. The zero-order chi connectivity index (χ0) is 46.2. The summed E-state index contributed by atoms with van der Waals surface area (Å²) in [7, 11) is 9.23. The van der Waals surface area contributed by atoms with Crippen LogP contribution in [0.5, 0.6) is 0 Å². The molecule has 0 spiro atoms. The molecule has 1 unspecified atom stereocenters. The largest absolute Gasteiger partial charge is 0.458 e. The highest BCUT2D eigenvalue weighted by Gasteiger charge is 2.70. The number of carbonyl (C=O) groups excluding carboxylic acids is 3. The third kappa shape index (κ3) is 10.3. The van der Waals surface area contributed by atoms with Gasteiger partial charge < -0.3 is 53.0 Å². The van der Waals surface area contributed by atoms with E-state index in [4.69, 9.17) is 37.9 Å². The van der Waals surface area contributed by atoms with Crippen LogP contribution in [0.4, 0.5) is 0 Å². The van der Waals surface area contributed by atoms with Gasteiger partial charge in [-0.1, -0.05) is 58.0 Å². The van der Waals surface area contributed by atoms with Crippen LogP contribution in [0.25, 0.3) is 0 Å². The number of Topliss-reactive ketones (excluding diaryl/α,β-unsaturated/α-hetero) is 1. The molecule has 19 atom stereocenters. The van der Waals surface area contributed by atoms with Crippen molar-refractivity contribution in [1.82, 2.24) is 9.80 Å². The summed E-state index contributed by atoms with van der Waals surface area (Å²) < 4.78 is 51.6. The summed E-state index contributed by atoms with van der Waals surface area (Å²) in [5, 5.41) is 23.3. The van der Waals surface area contributed by atoms with E-state index >= 15 is 0 Å². The molecule has 0 bridgehead atoms. The SMILES string of the molecule is CO[C@]1(C)C[C@H](O[C@H]2[C@H](C)[C@@H](O[C@@H]3O[C@H](C)C[C@@H](N(C)Cc4ccccc4)[C@@H]3N(C)C)[C@@](C)(OC)C[C@@H](C)C(=O)[C@H](C)[C@@H](O)[C@@]3(O)C(C)[C@H]3OC(=O)[C@@H]2C)O[C@@H](C)[C@@H]1OC(C)=O. The number of carbonyl (C=O) groups is 3. The van der Waals surface area contributed by atoms with E-state index in [1.165, 1.54) is 19.6 Å². The van der Waals surface area contributed by atoms with Gasteiger partial charge in [0.1, 0.15) is 23.1 Å². The standard InChI is InChI=1S/C47H76N2O13/c1-25-22-45(9,55-14)40(62-44-36(48(11)12)34(21-26(2)57-44)49(13)24-33-19-17-16-18-20-33)28(4)38(60-35-23-46(10,56-15)42(31(7)58-35)59-32(8)50)29(5)43(53)61-41-30(6)47(41,54)39(52)27(3)37(25)51/h16-20,25-31,34-36,38-42,44,52,54H,21-24H2,1-15H3/t25-,26-,27+,28+,29-,30?,31+,34-,35+,36+,38+,39-,40-,41-,42+,44+,45+,46-,47+/m1/s1. The van der Waals surface area contributed by atoms with Crippen LogP contribution < -0.4 is 0 Å². The van der Waals surface area contributed by atoms with Gasteiger partial charge in [-0.3, -0.25) is 19.3 Å². The van der Waals surface area contributed by atoms with Crippen LogP contribution in [0.2, 0.25) is 0 Å². The Morgan fingerprint density at radius 3 is 2.06 bits per heavy atom. The van der Waals surface area contributed by atoms with Crippen molar-refractivity contribution in [2.75, 3.05) is 35.4 Å². The van der Waals surface area contributed by atoms with Gasteiger partial charge in [0.15, 0.2) is 18.7 Å². The van der Waals surface area contributed by atoms with Crippen molar-refractivity contribution in [1.29, 1.82) is 0 Å². The van der Waals surface area contributed by atoms with Crippen LogP contribution in [0, 0.1) is 29.6 Å². The lowest BCUT2D eigenvalue weighted by atomic mass is 9.75. The molecule has 15 heteroatoms. The second-order valence-corrected chi connectivity index (χ2v) is 19.6. The number of hydrogen-bond donors (Lipinski definition) is 2. The van der Waals surface area contributed by atoms with Crippen LogP contribution in [-0.2, 0) is 58.8 Å². The van der Waals surface area contributed by atoms with E-state index < -0.39 is 108 Å². The molecule has 2 N–H and O–H groups in total. The molecule has 1 aromatic rings. The Morgan fingerprint density at radius 1 is 0.871 bits per heavy atom. The summed E-state index contributed by atoms with van der Waals surface area (Å²) >= 11 is 0. The number of aliphatic hydroxyl groups excluding tert-OH is 1. The molecule has 0 amide bonds. The highest BCUT2D eigenvalue weighted by molar-refractivity contribution is 5.84. The molecule has 1 aliphatic carbocycles. The van der Waals surface area contributed by atoms with E-state index in [2.05, 4.69) is 29.0 Å². The van der Waals surface area contributed by atoms with Crippen LogP contribution in [-0.4, -0.2) is 157 Å². The van der Waals surface area contributed by atoms with Crippen molar-refractivity contribution >= 4 is 17.7 Å². The molecule has 0 aromatic heterocycles. The highest BCUT2D eigenvalue weighted by atomic mass is 16.7. The van der Waals surface area contributed by atoms with Crippen molar-refractivity contribution in [3.05, 3.63) is 35.9 Å². The molecular formula is C47H76N2O13. The molecule has 0 radical (unpaired) electrons. The van der Waals surface area contributed by atoms with E-state index in [1.807, 2.05) is 60.0 Å². The van der Waals surface area contributed by atoms with Gasteiger partial charge in [-0.2, -0.15) is 0 Å². The number of ketones is 1. The fourth-order valence-electron chi connectivity index (χ4n) is 10.7. The van der Waals surface area contributed by atoms with Gasteiger partial charge in [0, 0.05) is 63.8 Å². The van der Waals surface area contributed by atoms with Gasteiger partial charge in [0.05, 0.1) is 48.1 Å². The van der Waals surface area contributed by atoms with Crippen molar-refractivity contribution < 1.29 is 62.5 Å². The number of esters is 2. The summed E-state index contributed by atoms with van der Waals surface area (Å²) in [6.45, 7) is 18.3. The molecule has 1 aromatic carbocycles. The summed E-state index contributed by atoms with van der Waals surface area (Å²) in [4.78, 5) is 45.3. The summed E-state index contributed by atoms with van der Waals surface area (Å²) in [5.41, 5.74) is -2.87. The van der Waals surface area contributed by atoms with E-state index in [-0.39, 0.29) is 36.8 Å². The lowest BCUT2D eigenvalue weighted by Crippen LogP contribution is -2.63. The second-order valence-electron chi connectivity index (χ2n) is 19.6. The Kier molecular flexibility index (Phi) is 16.2. The molecule has 4 fully saturated rings. The van der Waals surface area contributed by atoms with Crippen LogP contribution in [0.3, 0.4) is 0 Å². The van der Waals surface area contributed by atoms with E-state index in [0.717, 1.165) is 6.42 Å². The average molecular weight is 877 g/mol. The molecular weight excluding hydrogens is 801 g/mol. The van der Waals surface area contributed by atoms with Gasteiger partial charge in [-0.05, 0) is 74.2 Å². The number of aliphatic hydroxyl groups is 2. The number of hydrogen-bond acceptors (Lipinski definition) is 15. The third-order valence-electron chi connectivity index (χ3n) is 14.7. The fraction of sp³-hybridized carbons (Fsp3) is 0.809. The lowest BCUT2D eigenvalue weighted by molar-refractivity contribution is -0.315. The van der Waals surface area contributed by atoms with Crippen molar-refractivity contribution in [2.24, 2.45) is 29.6 Å². The fourth-order valence-corrected chi connectivity index (χ4v) is 10.7. The molecule has 3 heterocycles. The molecule has 5 rings (SSSR count). The number of fused-ring (bicyclic) bond motifs is 1. The maximum atomic E-state index is 14.4. The Hall–Kier alpha value is -2.57. The molecule has 3 aliphatic heterocycles. The molecule has 62 heavy (non-hydrogen) atoms. The lowest BCUT2D eigenvalue weighted by Gasteiger charge is -2.51. The number of likely N-dealkylation sites (N-methyl/N-ethyl adjacent to an activating group) is 2. The van der Waals surface area contributed by atoms with Crippen molar-refractivity contribution in [3.8, 4) is 0 Å². The van der Waals surface area contributed by atoms with E-state index in [0.29, 0.717) is 6.54 Å². The zero-order valence-electron chi connectivity index (χ0n) is 39.7. The summed E-state index contributed by atoms with van der Waals surface area (Å²) in [5.74, 6) is -5.35. The first kappa shape index (κ1) is 50.4. The number of rotatable bonds is 11. The van der Waals surface area contributed by atoms with Crippen molar-refractivity contribution in [2.45, 2.75) is 179 Å². The Balaban J connectivity index is 1.60. The maximum Gasteiger partial charge on any atom is 0.311 e. The topological polar surface area (TPSA) is 172 Å². The number of nitrogens with zero attached hydrogens (tertiary/aromatic N) is 2. The minimum absolute atomic E-state index is 0.00125. The molecule has 15 nitrogen and oxygen atoms in total. The Morgan fingerprint density at radius 2 is 1.48 bits per heavy atom. The second kappa shape index (κ2) is 19.9. The smallest absolute Gasteiger partial charge is 0.311 e. The minimum atomic E-state index is -1.82. The maximum absolute atomic E-state index is 14.4. The van der Waals surface area contributed by atoms with Gasteiger partial charge in [-0.15, -0.1) is 0 Å². The van der Waals surface area contributed by atoms with Crippen LogP contribution >= 0.6 is 0 Å². The number of benzene rings is 1. The van der Waals surface area contributed by atoms with Crippen LogP contribution in [0.1, 0.15) is 94.1 Å². The first-order valence-electron chi connectivity index (χ1n) is 22.4. The highest BCUT2D eigenvalue weighted by Crippen LogP contribution is 2.52. The molecule has 4 aliphatic rings. The van der Waals surface area contributed by atoms with Gasteiger partial charge in [0.25, 0.3) is 0 Å². The first-order valence-corrected chi connectivity index (χ1v) is 22.4.